The lowest BCUT2D eigenvalue weighted by Gasteiger charge is -2.22. The van der Waals surface area contributed by atoms with Gasteiger partial charge < -0.3 is 4.74 Å². The predicted octanol–water partition coefficient (Wildman–Crippen LogP) is 3.72. The van der Waals surface area contributed by atoms with Crippen molar-refractivity contribution in [2.24, 2.45) is 0 Å². The van der Waals surface area contributed by atoms with Gasteiger partial charge in [-0.15, -0.1) is 0 Å². The molecule has 81 valence electrons. The van der Waals surface area contributed by atoms with E-state index in [-0.39, 0.29) is 5.41 Å². The zero-order valence-electron chi connectivity index (χ0n) is 10.1. The van der Waals surface area contributed by atoms with E-state index in [1.165, 1.54) is 5.56 Å². The maximum Gasteiger partial charge on any atom is 0.123 e. The molecule has 1 aromatic rings. The normalized spacial score (nSPS) is 11.2. The van der Waals surface area contributed by atoms with Crippen molar-refractivity contribution in [3.05, 3.63) is 42.0 Å². The summed E-state index contributed by atoms with van der Waals surface area (Å²) in [5.74, 6) is 0.943. The predicted molar refractivity (Wildman–Crippen MR) is 64.3 cm³/mol. The highest BCUT2D eigenvalue weighted by atomic mass is 16.5. The first kappa shape index (κ1) is 11.8. The van der Waals surface area contributed by atoms with Gasteiger partial charge in [-0.05, 0) is 35.6 Å². The van der Waals surface area contributed by atoms with Crippen LogP contribution >= 0.6 is 0 Å². The average molecular weight is 203 g/mol. The molecule has 0 aliphatic carbocycles. The first-order chi connectivity index (χ1) is 6.99. The van der Waals surface area contributed by atoms with Crippen LogP contribution in [-0.2, 0) is 5.41 Å². The third-order valence-electron chi connectivity index (χ3n) is 2.29. The molecule has 0 saturated heterocycles. The lowest BCUT2D eigenvalue weighted by molar-refractivity contribution is 0.329. The summed E-state index contributed by atoms with van der Waals surface area (Å²) in [6, 6.07) is 6.12. The number of ether oxygens (including phenoxy) is 1. The minimum Gasteiger partial charge on any atom is -0.494 e. The Hall–Kier alpha value is -1.24. The molecule has 0 aliphatic heterocycles. The van der Waals surface area contributed by atoms with Gasteiger partial charge >= 0.3 is 0 Å². The fraction of sp³-hybridized carbons (Fsp3) is 0.429. The molecule has 1 rings (SSSR count). The Morgan fingerprint density at radius 2 is 2.00 bits per heavy atom. The van der Waals surface area contributed by atoms with Crippen LogP contribution in [0.2, 0.25) is 0 Å². The van der Waals surface area contributed by atoms with E-state index in [2.05, 4.69) is 39.5 Å². The van der Waals surface area contributed by atoms with Crippen molar-refractivity contribution in [3.8, 4) is 5.75 Å². The van der Waals surface area contributed by atoms with Crippen molar-refractivity contribution >= 4 is 0 Å². The molecule has 15 heavy (non-hydrogen) atoms. The van der Waals surface area contributed by atoms with Gasteiger partial charge in [-0.25, -0.2) is 0 Å². The van der Waals surface area contributed by atoms with Crippen LogP contribution in [0, 0.1) is 6.08 Å². The molecule has 0 saturated carbocycles. The van der Waals surface area contributed by atoms with Gasteiger partial charge in [0.1, 0.15) is 5.75 Å². The van der Waals surface area contributed by atoms with Gasteiger partial charge in [0.15, 0.2) is 0 Å². The Morgan fingerprint density at radius 1 is 1.33 bits per heavy atom. The third-order valence-corrected chi connectivity index (χ3v) is 2.29. The number of rotatable bonds is 3. The fourth-order valence-electron chi connectivity index (χ4n) is 1.53. The zero-order valence-corrected chi connectivity index (χ0v) is 10.1. The quantitative estimate of drug-likeness (QED) is 0.727. The van der Waals surface area contributed by atoms with Crippen molar-refractivity contribution < 1.29 is 4.74 Å². The molecule has 0 fully saturated rings. The standard InChI is InChI=1S/C14H19O/c1-6-11-8-9-12(14(3,4)5)13(10-11)15-7-2/h8-10H,1,7H2,2-5H3. The second-order valence-corrected chi connectivity index (χ2v) is 4.57. The molecule has 1 aromatic carbocycles. The van der Waals surface area contributed by atoms with Crippen LogP contribution in [0.15, 0.2) is 24.8 Å². The summed E-state index contributed by atoms with van der Waals surface area (Å²) in [7, 11) is 0. The molecule has 0 aliphatic rings. The lowest BCUT2D eigenvalue weighted by Crippen LogP contribution is -2.13. The van der Waals surface area contributed by atoms with E-state index < -0.39 is 0 Å². The van der Waals surface area contributed by atoms with Crippen molar-refractivity contribution in [3.63, 3.8) is 0 Å². The Balaban J connectivity index is 3.20. The second-order valence-electron chi connectivity index (χ2n) is 4.57. The first-order valence-electron chi connectivity index (χ1n) is 5.29. The maximum absolute atomic E-state index is 5.64. The summed E-state index contributed by atoms with van der Waals surface area (Å²) < 4.78 is 5.64. The van der Waals surface area contributed by atoms with Gasteiger partial charge in [-0.1, -0.05) is 39.5 Å². The van der Waals surface area contributed by atoms with Crippen molar-refractivity contribution in [2.45, 2.75) is 33.1 Å². The molecule has 0 bridgehead atoms. The van der Waals surface area contributed by atoms with E-state index in [0.29, 0.717) is 6.61 Å². The Labute approximate surface area is 92.8 Å². The van der Waals surface area contributed by atoms with E-state index in [0.717, 1.165) is 11.3 Å². The molecular weight excluding hydrogens is 184 g/mol. The zero-order chi connectivity index (χ0) is 11.5. The molecule has 1 radical (unpaired) electrons. The van der Waals surface area contributed by atoms with E-state index in [9.17, 15) is 0 Å². The fourth-order valence-corrected chi connectivity index (χ4v) is 1.53. The molecule has 0 unspecified atom stereocenters. The summed E-state index contributed by atoms with van der Waals surface area (Å²) in [5.41, 5.74) is 2.30. The molecule has 0 atom stereocenters. The van der Waals surface area contributed by atoms with E-state index in [1.807, 2.05) is 19.1 Å². The van der Waals surface area contributed by atoms with Crippen LogP contribution in [0.5, 0.6) is 5.75 Å². The van der Waals surface area contributed by atoms with Crippen LogP contribution in [0.3, 0.4) is 0 Å². The SMILES string of the molecule is C=[C]c1ccc(C(C)(C)C)c(OCC)c1. The molecule has 0 heterocycles. The first-order valence-corrected chi connectivity index (χ1v) is 5.29. The molecular formula is C14H19O. The Kier molecular flexibility index (Phi) is 3.57. The van der Waals surface area contributed by atoms with E-state index >= 15 is 0 Å². The average Bonchev–Trinajstić information content (AvgIpc) is 2.16. The van der Waals surface area contributed by atoms with Gasteiger partial charge in [-0.3, -0.25) is 0 Å². The third kappa shape index (κ3) is 2.85. The molecule has 1 nitrogen and oxygen atoms in total. The number of benzene rings is 1. The van der Waals surface area contributed by atoms with Gasteiger partial charge in [0.2, 0.25) is 0 Å². The van der Waals surface area contributed by atoms with Crippen LogP contribution < -0.4 is 4.74 Å². The number of hydrogen-bond donors (Lipinski definition) is 0. The summed E-state index contributed by atoms with van der Waals surface area (Å²) >= 11 is 0. The van der Waals surface area contributed by atoms with Crippen LogP contribution in [-0.4, -0.2) is 6.61 Å². The van der Waals surface area contributed by atoms with Crippen molar-refractivity contribution in [2.75, 3.05) is 6.61 Å². The summed E-state index contributed by atoms with van der Waals surface area (Å²) in [4.78, 5) is 0. The Bertz CT molecular complexity index is 345. The molecule has 0 aromatic heterocycles. The Morgan fingerprint density at radius 3 is 2.47 bits per heavy atom. The van der Waals surface area contributed by atoms with E-state index in [1.54, 1.807) is 0 Å². The largest absolute Gasteiger partial charge is 0.494 e. The van der Waals surface area contributed by atoms with Crippen LogP contribution in [0.4, 0.5) is 0 Å². The highest BCUT2D eigenvalue weighted by molar-refractivity contribution is 5.43. The highest BCUT2D eigenvalue weighted by Crippen LogP contribution is 2.32. The maximum atomic E-state index is 5.64. The van der Waals surface area contributed by atoms with Crippen molar-refractivity contribution in [1.29, 1.82) is 0 Å². The number of hydrogen-bond acceptors (Lipinski definition) is 1. The highest BCUT2D eigenvalue weighted by Gasteiger charge is 2.18. The summed E-state index contributed by atoms with van der Waals surface area (Å²) in [5, 5.41) is 0. The van der Waals surface area contributed by atoms with Crippen LogP contribution in [0.1, 0.15) is 38.8 Å². The summed E-state index contributed by atoms with van der Waals surface area (Å²) in [6.07, 6.45) is 2.87. The smallest absolute Gasteiger partial charge is 0.123 e. The minimum absolute atomic E-state index is 0.101. The molecule has 0 amide bonds. The second kappa shape index (κ2) is 4.52. The van der Waals surface area contributed by atoms with Gasteiger partial charge in [0.25, 0.3) is 0 Å². The van der Waals surface area contributed by atoms with Crippen LogP contribution in [0.25, 0.3) is 0 Å². The van der Waals surface area contributed by atoms with E-state index in [4.69, 9.17) is 4.74 Å². The minimum atomic E-state index is 0.101. The lowest BCUT2D eigenvalue weighted by atomic mass is 9.86. The van der Waals surface area contributed by atoms with Crippen molar-refractivity contribution in [1.82, 2.24) is 0 Å². The monoisotopic (exact) mass is 203 g/mol. The van der Waals surface area contributed by atoms with Gasteiger partial charge in [-0.2, -0.15) is 0 Å². The van der Waals surface area contributed by atoms with Gasteiger partial charge in [0, 0.05) is 0 Å². The topological polar surface area (TPSA) is 9.23 Å². The molecule has 0 spiro atoms. The summed E-state index contributed by atoms with van der Waals surface area (Å²) in [6.45, 7) is 12.9. The molecule has 0 N–H and O–H groups in total. The molecule has 1 heteroatoms. The van der Waals surface area contributed by atoms with Gasteiger partial charge in [0.05, 0.1) is 6.61 Å².